The van der Waals surface area contributed by atoms with E-state index in [4.69, 9.17) is 19.9 Å². The molecule has 2 N–H and O–H groups in total. The summed E-state index contributed by atoms with van der Waals surface area (Å²) in [5.74, 6) is 1.35. The Kier molecular flexibility index (Phi) is 6.42. The number of nitrogens with two attached hydrogens (primary N) is 1. The van der Waals surface area contributed by atoms with E-state index >= 15 is 0 Å². The maximum absolute atomic E-state index is 5.82. The minimum atomic E-state index is -0.0611. The van der Waals surface area contributed by atoms with Crippen molar-refractivity contribution in [2.24, 2.45) is 5.92 Å². The highest BCUT2D eigenvalue weighted by molar-refractivity contribution is 5.49. The van der Waals surface area contributed by atoms with Crippen LogP contribution in [0.15, 0.2) is 12.1 Å². The molecule has 1 unspecified atom stereocenters. The van der Waals surface area contributed by atoms with Crippen molar-refractivity contribution in [1.29, 1.82) is 0 Å². The molecule has 19 heavy (non-hydrogen) atoms. The number of nitrogen functional groups attached to an aromatic ring is 1. The third-order valence-corrected chi connectivity index (χ3v) is 2.30. The maximum atomic E-state index is 5.82. The number of rotatable bonds is 8. The average Bonchev–Trinajstić information content (AvgIpc) is 2.37. The van der Waals surface area contributed by atoms with Gasteiger partial charge in [0, 0.05) is 12.7 Å². The molecule has 0 aliphatic heterocycles. The zero-order valence-electron chi connectivity index (χ0n) is 12.2. The molecule has 1 heterocycles. The van der Waals surface area contributed by atoms with Gasteiger partial charge < -0.3 is 19.9 Å². The summed E-state index contributed by atoms with van der Waals surface area (Å²) in [6.07, 6.45) is -0.0611. The van der Waals surface area contributed by atoms with Gasteiger partial charge in [-0.1, -0.05) is 13.8 Å². The van der Waals surface area contributed by atoms with Gasteiger partial charge in [0.15, 0.2) is 0 Å². The van der Waals surface area contributed by atoms with Crippen LogP contribution in [0.5, 0.6) is 11.8 Å². The molecular weight excluding hydrogens is 244 g/mol. The number of hydrogen-bond acceptors (Lipinski definition) is 5. The van der Waals surface area contributed by atoms with Gasteiger partial charge >= 0.3 is 0 Å². The van der Waals surface area contributed by atoms with E-state index in [-0.39, 0.29) is 6.10 Å². The van der Waals surface area contributed by atoms with Crippen LogP contribution >= 0.6 is 0 Å². The summed E-state index contributed by atoms with van der Waals surface area (Å²) in [4.78, 5) is 4.27. The monoisotopic (exact) mass is 268 g/mol. The Morgan fingerprint density at radius 2 is 1.95 bits per heavy atom. The lowest BCUT2D eigenvalue weighted by atomic mass is 10.2. The maximum Gasteiger partial charge on any atom is 0.240 e. The Morgan fingerprint density at radius 3 is 2.58 bits per heavy atom. The van der Waals surface area contributed by atoms with Crippen molar-refractivity contribution in [2.75, 3.05) is 25.6 Å². The van der Waals surface area contributed by atoms with Gasteiger partial charge in [-0.15, -0.1) is 0 Å². The summed E-state index contributed by atoms with van der Waals surface area (Å²) >= 11 is 0. The Bertz CT molecular complexity index is 383. The van der Waals surface area contributed by atoms with Crippen LogP contribution in [0.25, 0.3) is 0 Å². The molecule has 0 aliphatic carbocycles. The molecule has 5 nitrogen and oxygen atoms in total. The average molecular weight is 268 g/mol. The van der Waals surface area contributed by atoms with E-state index in [2.05, 4.69) is 18.8 Å². The van der Waals surface area contributed by atoms with Crippen LogP contribution in [-0.4, -0.2) is 30.9 Å². The van der Waals surface area contributed by atoms with Gasteiger partial charge in [0.2, 0.25) is 11.8 Å². The van der Waals surface area contributed by atoms with Crippen LogP contribution in [0, 0.1) is 5.92 Å². The number of hydrogen-bond donors (Lipinski definition) is 1. The fourth-order valence-corrected chi connectivity index (χ4v) is 1.39. The molecule has 0 saturated carbocycles. The van der Waals surface area contributed by atoms with E-state index < -0.39 is 0 Å². The van der Waals surface area contributed by atoms with Crippen molar-refractivity contribution >= 4 is 5.69 Å². The van der Waals surface area contributed by atoms with E-state index in [0.29, 0.717) is 43.2 Å². The van der Waals surface area contributed by atoms with Gasteiger partial charge in [-0.05, 0) is 25.8 Å². The topological polar surface area (TPSA) is 66.6 Å². The summed E-state index contributed by atoms with van der Waals surface area (Å²) in [6, 6.07) is 3.48. The van der Waals surface area contributed by atoms with Gasteiger partial charge in [0.05, 0.1) is 18.9 Å². The third-order valence-electron chi connectivity index (χ3n) is 2.30. The van der Waals surface area contributed by atoms with E-state index in [1.165, 1.54) is 0 Å². The molecule has 0 fully saturated rings. The first-order valence-corrected chi connectivity index (χ1v) is 6.66. The van der Waals surface area contributed by atoms with Crippen molar-refractivity contribution < 1.29 is 14.2 Å². The lowest BCUT2D eigenvalue weighted by Crippen LogP contribution is -2.20. The molecule has 0 saturated heterocycles. The standard InChI is InChI=1S/C14H24N2O3/c1-5-17-9-11(4)19-13-7-6-12(15)14(16-13)18-8-10(2)3/h6-7,10-11H,5,8-9,15H2,1-4H3. The molecule has 0 aliphatic rings. The molecule has 1 atom stereocenters. The minimum absolute atomic E-state index is 0.0611. The molecule has 0 radical (unpaired) electrons. The first-order valence-electron chi connectivity index (χ1n) is 6.66. The summed E-state index contributed by atoms with van der Waals surface area (Å²) in [5, 5.41) is 0. The predicted octanol–water partition coefficient (Wildman–Crippen LogP) is 2.50. The molecule has 5 heteroatoms. The molecule has 1 aromatic heterocycles. The molecule has 1 aromatic rings. The fourth-order valence-electron chi connectivity index (χ4n) is 1.39. The Morgan fingerprint density at radius 1 is 1.21 bits per heavy atom. The van der Waals surface area contributed by atoms with Crippen molar-refractivity contribution in [3.8, 4) is 11.8 Å². The number of aromatic nitrogens is 1. The van der Waals surface area contributed by atoms with Crippen LogP contribution in [0.2, 0.25) is 0 Å². The molecule has 108 valence electrons. The zero-order chi connectivity index (χ0) is 14.3. The van der Waals surface area contributed by atoms with Crippen molar-refractivity contribution in [2.45, 2.75) is 33.8 Å². The van der Waals surface area contributed by atoms with Crippen molar-refractivity contribution in [3.05, 3.63) is 12.1 Å². The van der Waals surface area contributed by atoms with E-state index in [0.717, 1.165) is 0 Å². The second kappa shape index (κ2) is 7.84. The molecule has 0 bridgehead atoms. The van der Waals surface area contributed by atoms with Crippen molar-refractivity contribution in [3.63, 3.8) is 0 Å². The highest BCUT2D eigenvalue weighted by Gasteiger charge is 2.09. The second-order valence-electron chi connectivity index (χ2n) is 4.84. The normalized spacial score (nSPS) is 12.5. The molecule has 1 rings (SSSR count). The summed E-state index contributed by atoms with van der Waals surface area (Å²) in [7, 11) is 0. The largest absolute Gasteiger partial charge is 0.476 e. The highest BCUT2D eigenvalue weighted by Crippen LogP contribution is 2.23. The lowest BCUT2D eigenvalue weighted by Gasteiger charge is -2.15. The van der Waals surface area contributed by atoms with Crippen LogP contribution in [-0.2, 0) is 4.74 Å². The van der Waals surface area contributed by atoms with Crippen LogP contribution < -0.4 is 15.2 Å². The van der Waals surface area contributed by atoms with Crippen LogP contribution in [0.3, 0.4) is 0 Å². The van der Waals surface area contributed by atoms with E-state index in [9.17, 15) is 0 Å². The Balaban J connectivity index is 2.62. The number of nitrogens with zero attached hydrogens (tertiary/aromatic N) is 1. The lowest BCUT2D eigenvalue weighted by molar-refractivity contribution is 0.0629. The van der Waals surface area contributed by atoms with Gasteiger partial charge in [-0.25, -0.2) is 0 Å². The molecular formula is C14H24N2O3. The molecule has 0 aromatic carbocycles. The van der Waals surface area contributed by atoms with E-state index in [1.807, 2.05) is 13.8 Å². The Hall–Kier alpha value is -1.49. The third kappa shape index (κ3) is 5.79. The quantitative estimate of drug-likeness (QED) is 0.784. The van der Waals surface area contributed by atoms with Gasteiger partial charge in [-0.3, -0.25) is 0 Å². The van der Waals surface area contributed by atoms with Crippen LogP contribution in [0.1, 0.15) is 27.7 Å². The first-order chi connectivity index (χ1) is 9.02. The highest BCUT2D eigenvalue weighted by atomic mass is 16.5. The molecule has 0 spiro atoms. The second-order valence-corrected chi connectivity index (χ2v) is 4.84. The molecule has 0 amide bonds. The number of pyridine rings is 1. The SMILES string of the molecule is CCOCC(C)Oc1ccc(N)c(OCC(C)C)n1. The van der Waals surface area contributed by atoms with Crippen molar-refractivity contribution in [1.82, 2.24) is 4.98 Å². The summed E-state index contributed by atoms with van der Waals surface area (Å²) < 4.78 is 16.5. The fraction of sp³-hybridized carbons (Fsp3) is 0.643. The zero-order valence-corrected chi connectivity index (χ0v) is 12.2. The minimum Gasteiger partial charge on any atom is -0.476 e. The van der Waals surface area contributed by atoms with Gasteiger partial charge in [0.1, 0.15) is 6.10 Å². The number of ether oxygens (including phenoxy) is 3. The first kappa shape index (κ1) is 15.6. The Labute approximate surface area is 115 Å². The van der Waals surface area contributed by atoms with Crippen LogP contribution in [0.4, 0.5) is 5.69 Å². The predicted molar refractivity (Wildman–Crippen MR) is 75.6 cm³/mol. The number of anilines is 1. The van der Waals surface area contributed by atoms with E-state index in [1.54, 1.807) is 12.1 Å². The van der Waals surface area contributed by atoms with Gasteiger partial charge in [-0.2, -0.15) is 4.98 Å². The smallest absolute Gasteiger partial charge is 0.240 e. The van der Waals surface area contributed by atoms with Gasteiger partial charge in [0.25, 0.3) is 0 Å². The summed E-state index contributed by atoms with van der Waals surface area (Å²) in [6.45, 7) is 9.81. The summed E-state index contributed by atoms with van der Waals surface area (Å²) in [5.41, 5.74) is 6.34.